The molecule has 1 atom stereocenters. The zero-order chi connectivity index (χ0) is 25.3. The van der Waals surface area contributed by atoms with Gasteiger partial charge in [0.1, 0.15) is 6.04 Å². The number of thioether (sulfide) groups is 1. The average molecular weight is 501 g/mol. The van der Waals surface area contributed by atoms with Crippen LogP contribution in [-0.2, 0) is 22.6 Å². The maximum absolute atomic E-state index is 13.8. The van der Waals surface area contributed by atoms with Gasteiger partial charge >= 0.3 is 0 Å². The molecule has 0 aliphatic heterocycles. The van der Waals surface area contributed by atoms with Crippen LogP contribution in [0.4, 0.5) is 0 Å². The maximum Gasteiger partial charge on any atom is 0.243 e. The van der Waals surface area contributed by atoms with E-state index in [1.807, 2.05) is 54.6 Å². The lowest BCUT2D eigenvalue weighted by atomic mass is 10.0. The van der Waals surface area contributed by atoms with Gasteiger partial charge in [0.25, 0.3) is 0 Å². The Labute approximate surface area is 219 Å². The number of hydrogen-bond donors (Lipinski definition) is 1. The first-order valence-electron chi connectivity index (χ1n) is 12.9. The molecule has 0 radical (unpaired) electrons. The van der Waals surface area contributed by atoms with Gasteiger partial charge in [-0.15, -0.1) is 11.8 Å². The molecule has 0 spiro atoms. The predicted octanol–water partition coefficient (Wildman–Crippen LogP) is 6.09. The first kappa shape index (κ1) is 26.0. The molecule has 36 heavy (non-hydrogen) atoms. The van der Waals surface area contributed by atoms with Crippen LogP contribution in [0.5, 0.6) is 0 Å². The molecular weight excluding hydrogens is 464 g/mol. The lowest BCUT2D eigenvalue weighted by Gasteiger charge is -2.32. The summed E-state index contributed by atoms with van der Waals surface area (Å²) in [5.41, 5.74) is 4.44. The van der Waals surface area contributed by atoms with Crippen molar-refractivity contribution in [3.8, 4) is 0 Å². The van der Waals surface area contributed by atoms with Crippen LogP contribution in [0.25, 0.3) is 0 Å². The topological polar surface area (TPSA) is 49.4 Å². The average Bonchev–Trinajstić information content (AvgIpc) is 3.40. The van der Waals surface area contributed by atoms with E-state index in [9.17, 15) is 9.59 Å². The number of nitrogens with zero attached hydrogens (tertiary/aromatic N) is 1. The third kappa shape index (κ3) is 7.23. The Balaban J connectivity index is 1.61. The van der Waals surface area contributed by atoms with Crippen molar-refractivity contribution in [1.82, 2.24) is 10.2 Å². The molecule has 1 saturated carbocycles. The number of carbonyl (C=O) groups is 2. The summed E-state index contributed by atoms with van der Waals surface area (Å²) in [5, 5.41) is 3.28. The molecule has 0 aromatic heterocycles. The van der Waals surface area contributed by atoms with E-state index in [-0.39, 0.29) is 23.6 Å². The van der Waals surface area contributed by atoms with Gasteiger partial charge in [0.05, 0.1) is 5.75 Å². The van der Waals surface area contributed by atoms with E-state index in [2.05, 4.69) is 43.4 Å². The molecule has 0 heterocycles. The first-order valence-corrected chi connectivity index (χ1v) is 13.9. The monoisotopic (exact) mass is 500 g/mol. The zero-order valence-corrected chi connectivity index (χ0v) is 22.1. The summed E-state index contributed by atoms with van der Waals surface area (Å²) in [4.78, 5) is 30.4. The number of hydrogen-bond acceptors (Lipinski definition) is 3. The third-order valence-electron chi connectivity index (χ3n) is 6.96. The highest BCUT2D eigenvalue weighted by molar-refractivity contribution is 8.00. The Morgan fingerprint density at radius 1 is 0.917 bits per heavy atom. The minimum absolute atomic E-state index is 0.0219. The van der Waals surface area contributed by atoms with E-state index in [0.29, 0.717) is 13.0 Å². The second-order valence-electron chi connectivity index (χ2n) is 9.75. The SMILES string of the molecule is Cc1ccc(SCC(=O)N(Cc2ccccc2C)[C@H](Cc2ccccc2)C(=O)NC2CCCC2)cc1. The van der Waals surface area contributed by atoms with Crippen molar-refractivity contribution in [2.75, 3.05) is 5.75 Å². The van der Waals surface area contributed by atoms with Crippen LogP contribution in [0.3, 0.4) is 0 Å². The fourth-order valence-electron chi connectivity index (χ4n) is 4.75. The molecule has 3 aromatic rings. The van der Waals surface area contributed by atoms with Gasteiger partial charge in [-0.2, -0.15) is 0 Å². The quantitative estimate of drug-likeness (QED) is 0.343. The Morgan fingerprint density at radius 2 is 1.58 bits per heavy atom. The minimum atomic E-state index is -0.571. The van der Waals surface area contributed by atoms with Crippen LogP contribution >= 0.6 is 11.8 Å². The number of nitrogens with one attached hydrogen (secondary N) is 1. The standard InChI is InChI=1S/C31H36N2O2S/c1-23-16-18-28(19-17-23)36-22-30(34)33(21-26-13-7-6-10-24(26)2)29(20-25-11-4-3-5-12-25)31(35)32-27-14-8-9-15-27/h3-7,10-13,16-19,27,29H,8-9,14-15,20-22H2,1-2H3,(H,32,35)/t29-/m1/s1. The molecule has 2 amide bonds. The van der Waals surface area contributed by atoms with E-state index >= 15 is 0 Å². The molecule has 4 rings (SSSR count). The number of amides is 2. The van der Waals surface area contributed by atoms with Gasteiger partial charge < -0.3 is 10.2 Å². The molecule has 1 aliphatic carbocycles. The van der Waals surface area contributed by atoms with Crippen molar-refractivity contribution < 1.29 is 9.59 Å². The van der Waals surface area contributed by atoms with Gasteiger partial charge in [-0.05, 0) is 55.5 Å². The molecule has 1 fully saturated rings. The van der Waals surface area contributed by atoms with E-state index in [4.69, 9.17) is 0 Å². The summed E-state index contributed by atoms with van der Waals surface area (Å²) in [6.45, 7) is 4.53. The summed E-state index contributed by atoms with van der Waals surface area (Å²) >= 11 is 1.53. The number of rotatable bonds is 10. The zero-order valence-electron chi connectivity index (χ0n) is 21.3. The molecule has 188 valence electrons. The molecule has 0 unspecified atom stereocenters. The van der Waals surface area contributed by atoms with E-state index in [1.54, 1.807) is 4.90 Å². The molecule has 1 N–H and O–H groups in total. The van der Waals surface area contributed by atoms with Crippen molar-refractivity contribution in [1.29, 1.82) is 0 Å². The number of benzene rings is 3. The summed E-state index contributed by atoms with van der Waals surface area (Å²) in [5.74, 6) is 0.219. The fraction of sp³-hybridized carbons (Fsp3) is 0.355. The second kappa shape index (κ2) is 12.8. The normalized spacial score (nSPS) is 14.4. The summed E-state index contributed by atoms with van der Waals surface area (Å²) in [6.07, 6.45) is 4.81. The Hall–Kier alpha value is -3.05. The van der Waals surface area contributed by atoms with Crippen LogP contribution in [0, 0.1) is 13.8 Å². The molecule has 1 aliphatic rings. The smallest absolute Gasteiger partial charge is 0.243 e. The highest BCUT2D eigenvalue weighted by Crippen LogP contribution is 2.23. The maximum atomic E-state index is 13.8. The lowest BCUT2D eigenvalue weighted by molar-refractivity contribution is -0.139. The molecule has 5 heteroatoms. The number of aryl methyl sites for hydroxylation is 2. The molecular formula is C31H36N2O2S. The summed E-state index contributed by atoms with van der Waals surface area (Å²) in [7, 11) is 0. The van der Waals surface area contributed by atoms with Crippen molar-refractivity contribution in [3.63, 3.8) is 0 Å². The predicted molar refractivity (Wildman–Crippen MR) is 148 cm³/mol. The Kier molecular flexibility index (Phi) is 9.23. The number of carbonyl (C=O) groups excluding carboxylic acids is 2. The van der Waals surface area contributed by atoms with Gasteiger partial charge in [-0.25, -0.2) is 0 Å². The van der Waals surface area contributed by atoms with Gasteiger partial charge in [-0.3, -0.25) is 9.59 Å². The molecule has 3 aromatic carbocycles. The van der Waals surface area contributed by atoms with Crippen molar-refractivity contribution >= 4 is 23.6 Å². The van der Waals surface area contributed by atoms with E-state index in [1.165, 1.54) is 17.3 Å². The first-order chi connectivity index (χ1) is 17.5. The van der Waals surface area contributed by atoms with Crippen LogP contribution in [0.1, 0.15) is 47.9 Å². The molecule has 4 nitrogen and oxygen atoms in total. The van der Waals surface area contributed by atoms with Crippen molar-refractivity contribution in [3.05, 3.63) is 101 Å². The summed E-state index contributed by atoms with van der Waals surface area (Å²) < 4.78 is 0. The summed E-state index contributed by atoms with van der Waals surface area (Å²) in [6, 6.07) is 26.0. The van der Waals surface area contributed by atoms with Crippen LogP contribution in [0.15, 0.2) is 83.8 Å². The highest BCUT2D eigenvalue weighted by Gasteiger charge is 2.32. The van der Waals surface area contributed by atoms with Gasteiger partial charge in [0.15, 0.2) is 0 Å². The van der Waals surface area contributed by atoms with Crippen molar-refractivity contribution in [2.24, 2.45) is 0 Å². The lowest BCUT2D eigenvalue weighted by Crippen LogP contribution is -2.52. The largest absolute Gasteiger partial charge is 0.352 e. The van der Waals surface area contributed by atoms with Gasteiger partial charge in [0.2, 0.25) is 11.8 Å². The third-order valence-corrected chi connectivity index (χ3v) is 7.95. The van der Waals surface area contributed by atoms with Gasteiger partial charge in [0, 0.05) is 23.9 Å². The second-order valence-corrected chi connectivity index (χ2v) is 10.8. The highest BCUT2D eigenvalue weighted by atomic mass is 32.2. The van der Waals surface area contributed by atoms with Crippen LogP contribution in [0.2, 0.25) is 0 Å². The molecule has 0 saturated heterocycles. The van der Waals surface area contributed by atoms with Crippen molar-refractivity contribution in [2.45, 2.75) is 69.5 Å². The Morgan fingerprint density at radius 3 is 2.28 bits per heavy atom. The van der Waals surface area contributed by atoms with Gasteiger partial charge in [-0.1, -0.05) is 85.1 Å². The van der Waals surface area contributed by atoms with Crippen LogP contribution < -0.4 is 5.32 Å². The van der Waals surface area contributed by atoms with Crippen LogP contribution in [-0.4, -0.2) is 34.6 Å². The Bertz CT molecular complexity index is 1140. The fourth-order valence-corrected chi connectivity index (χ4v) is 5.54. The minimum Gasteiger partial charge on any atom is -0.352 e. The van der Waals surface area contributed by atoms with E-state index < -0.39 is 6.04 Å². The van der Waals surface area contributed by atoms with E-state index in [0.717, 1.165) is 47.3 Å². The molecule has 0 bridgehead atoms.